The van der Waals surface area contributed by atoms with Crippen LogP contribution in [0.25, 0.3) is 0 Å². The number of amidine groups is 1. The van der Waals surface area contributed by atoms with Gasteiger partial charge in [0.15, 0.2) is 0 Å². The van der Waals surface area contributed by atoms with Crippen LogP contribution in [-0.2, 0) is 11.2 Å². The summed E-state index contributed by atoms with van der Waals surface area (Å²) in [6.07, 6.45) is 1.91. The molecule has 0 aromatic heterocycles. The van der Waals surface area contributed by atoms with Gasteiger partial charge in [-0.1, -0.05) is 6.07 Å². The van der Waals surface area contributed by atoms with E-state index < -0.39 is 17.2 Å². The molecule has 6 heteroatoms. The number of methoxy groups -OCH3 is 1. The number of hydrogen-bond acceptors (Lipinski definition) is 3. The highest BCUT2D eigenvalue weighted by Crippen LogP contribution is 2.32. The average Bonchev–Trinajstić information content (AvgIpc) is 2.65. The van der Waals surface area contributed by atoms with Crippen LogP contribution in [0.1, 0.15) is 24.0 Å². The molecule has 2 aromatic rings. The summed E-state index contributed by atoms with van der Waals surface area (Å²) in [4.78, 5) is 2.24. The maximum absolute atomic E-state index is 14.0. The Morgan fingerprint density at radius 2 is 1.81 bits per heavy atom. The van der Waals surface area contributed by atoms with E-state index in [2.05, 4.69) is 4.90 Å². The lowest BCUT2D eigenvalue weighted by Gasteiger charge is -2.42. The first-order valence-corrected chi connectivity index (χ1v) is 8.61. The maximum atomic E-state index is 14.0. The van der Waals surface area contributed by atoms with Crippen molar-refractivity contribution in [3.05, 3.63) is 65.2 Å². The van der Waals surface area contributed by atoms with Gasteiger partial charge in [-0.05, 0) is 48.7 Å². The van der Waals surface area contributed by atoms with Crippen LogP contribution in [0.5, 0.6) is 0 Å². The zero-order chi connectivity index (χ0) is 18.7. The summed E-state index contributed by atoms with van der Waals surface area (Å²) in [5, 5.41) is 7.46. The molecule has 3 N–H and O–H groups in total. The summed E-state index contributed by atoms with van der Waals surface area (Å²) in [5.74, 6) is -1.04. The fourth-order valence-corrected chi connectivity index (χ4v) is 3.49. The first kappa shape index (κ1) is 18.3. The lowest BCUT2D eigenvalue weighted by Crippen LogP contribution is -2.47. The molecule has 0 unspecified atom stereocenters. The molecule has 2 aromatic carbocycles. The van der Waals surface area contributed by atoms with Crippen molar-refractivity contribution in [2.24, 2.45) is 5.73 Å². The lowest BCUT2D eigenvalue weighted by molar-refractivity contribution is -0.0295. The number of nitrogens with two attached hydrogens (primary N) is 1. The van der Waals surface area contributed by atoms with Crippen molar-refractivity contribution in [2.75, 3.05) is 25.1 Å². The van der Waals surface area contributed by atoms with Gasteiger partial charge in [0.2, 0.25) is 0 Å². The molecule has 1 aliphatic heterocycles. The number of nitrogens with one attached hydrogen (secondary N) is 1. The van der Waals surface area contributed by atoms with Gasteiger partial charge >= 0.3 is 0 Å². The molecule has 3 rings (SSSR count). The predicted molar refractivity (Wildman–Crippen MR) is 98.7 cm³/mol. The maximum Gasteiger partial charge on any atom is 0.129 e. The Morgan fingerprint density at radius 3 is 2.35 bits per heavy atom. The number of nitrogens with zero attached hydrogens (tertiary/aromatic N) is 1. The van der Waals surface area contributed by atoms with Crippen LogP contribution in [0.15, 0.2) is 42.5 Å². The highest BCUT2D eigenvalue weighted by atomic mass is 19.1. The molecule has 138 valence electrons. The second kappa shape index (κ2) is 7.41. The number of rotatable bonds is 5. The van der Waals surface area contributed by atoms with Gasteiger partial charge in [0.25, 0.3) is 0 Å². The molecule has 0 radical (unpaired) electrons. The number of nitrogen functional groups attached to an aromatic ring is 1. The lowest BCUT2D eigenvalue weighted by atomic mass is 9.84. The molecule has 0 amide bonds. The second-order valence-electron chi connectivity index (χ2n) is 6.75. The van der Waals surface area contributed by atoms with E-state index in [0.29, 0.717) is 17.5 Å². The third kappa shape index (κ3) is 3.85. The van der Waals surface area contributed by atoms with Crippen molar-refractivity contribution in [2.45, 2.75) is 24.9 Å². The summed E-state index contributed by atoms with van der Waals surface area (Å²) < 4.78 is 32.9. The van der Waals surface area contributed by atoms with E-state index in [4.69, 9.17) is 15.9 Å². The van der Waals surface area contributed by atoms with E-state index >= 15 is 0 Å². The number of anilines is 1. The highest BCUT2D eigenvalue weighted by molar-refractivity contribution is 5.95. The third-order valence-electron chi connectivity index (χ3n) is 5.18. The van der Waals surface area contributed by atoms with Gasteiger partial charge in [0.05, 0.1) is 5.60 Å². The molecular formula is C20H23F2N3O. The first-order valence-electron chi connectivity index (χ1n) is 8.61. The van der Waals surface area contributed by atoms with Crippen molar-refractivity contribution in [1.29, 1.82) is 5.41 Å². The van der Waals surface area contributed by atoms with Gasteiger partial charge < -0.3 is 15.4 Å². The fraction of sp³-hybridized carbons (Fsp3) is 0.350. The number of ether oxygens (including phenoxy) is 1. The molecule has 0 spiro atoms. The largest absolute Gasteiger partial charge is 0.384 e. The topological polar surface area (TPSA) is 62.3 Å². The number of benzene rings is 2. The van der Waals surface area contributed by atoms with Crippen LogP contribution in [0.3, 0.4) is 0 Å². The predicted octanol–water partition coefficient (Wildman–Crippen LogP) is 3.48. The molecule has 0 atom stereocenters. The molecular weight excluding hydrogens is 336 g/mol. The molecule has 1 fully saturated rings. The van der Waals surface area contributed by atoms with Gasteiger partial charge in [0, 0.05) is 43.9 Å². The Hall–Kier alpha value is -2.47. The van der Waals surface area contributed by atoms with E-state index in [0.717, 1.165) is 37.7 Å². The van der Waals surface area contributed by atoms with Crippen molar-refractivity contribution in [1.82, 2.24) is 0 Å². The van der Waals surface area contributed by atoms with Crippen molar-refractivity contribution < 1.29 is 13.5 Å². The minimum atomic E-state index is -0.568. The Bertz CT molecular complexity index is 784. The van der Waals surface area contributed by atoms with Gasteiger partial charge in [-0.3, -0.25) is 5.41 Å². The van der Waals surface area contributed by atoms with Gasteiger partial charge in [-0.15, -0.1) is 0 Å². The highest BCUT2D eigenvalue weighted by Gasteiger charge is 2.35. The van der Waals surface area contributed by atoms with Crippen molar-refractivity contribution >= 4 is 11.5 Å². The normalized spacial score (nSPS) is 16.5. The van der Waals surface area contributed by atoms with E-state index in [1.54, 1.807) is 7.11 Å². The van der Waals surface area contributed by atoms with Gasteiger partial charge in [-0.2, -0.15) is 0 Å². The zero-order valence-corrected chi connectivity index (χ0v) is 14.8. The molecule has 26 heavy (non-hydrogen) atoms. The monoisotopic (exact) mass is 359 g/mol. The zero-order valence-electron chi connectivity index (χ0n) is 14.8. The van der Waals surface area contributed by atoms with Crippen molar-refractivity contribution in [3.8, 4) is 0 Å². The fourth-order valence-electron chi connectivity index (χ4n) is 3.49. The van der Waals surface area contributed by atoms with E-state index in [-0.39, 0.29) is 5.84 Å². The number of piperidine rings is 1. The van der Waals surface area contributed by atoms with E-state index in [1.807, 2.05) is 24.3 Å². The standard InChI is InChI=1S/C20H23F2N3O/c1-26-20(13-15-2-5-16(21)12-18(15)22)8-10-25(11-9-20)17-6-3-14(4-7-17)19(23)24/h2-7,12H,8-11,13H2,1H3,(H3,23,24). The molecule has 1 saturated heterocycles. The van der Waals surface area contributed by atoms with Crippen LogP contribution < -0.4 is 10.6 Å². The summed E-state index contributed by atoms with van der Waals surface area (Å²) >= 11 is 0. The van der Waals surface area contributed by atoms with Crippen LogP contribution in [-0.4, -0.2) is 31.6 Å². The molecule has 1 heterocycles. The van der Waals surface area contributed by atoms with Crippen molar-refractivity contribution in [3.63, 3.8) is 0 Å². The molecule has 1 aliphatic rings. The summed E-state index contributed by atoms with van der Waals surface area (Å²) in [6.45, 7) is 1.55. The third-order valence-corrected chi connectivity index (χ3v) is 5.18. The SMILES string of the molecule is COC1(Cc2ccc(F)cc2F)CCN(c2ccc(C(=N)N)cc2)CC1. The van der Waals surface area contributed by atoms with E-state index in [9.17, 15) is 8.78 Å². The first-order chi connectivity index (χ1) is 12.4. The quantitative estimate of drug-likeness (QED) is 0.635. The Labute approximate surface area is 152 Å². The van der Waals surface area contributed by atoms with Crippen LogP contribution in [0.2, 0.25) is 0 Å². The smallest absolute Gasteiger partial charge is 0.129 e. The average molecular weight is 359 g/mol. The Morgan fingerprint density at radius 1 is 1.15 bits per heavy atom. The summed E-state index contributed by atoms with van der Waals surface area (Å²) in [7, 11) is 1.65. The summed E-state index contributed by atoms with van der Waals surface area (Å²) in [5.41, 5.74) is 7.28. The minimum absolute atomic E-state index is 0.0509. The summed E-state index contributed by atoms with van der Waals surface area (Å²) in [6, 6.07) is 11.3. The van der Waals surface area contributed by atoms with Crippen LogP contribution >= 0.6 is 0 Å². The minimum Gasteiger partial charge on any atom is -0.384 e. The van der Waals surface area contributed by atoms with Crippen LogP contribution in [0, 0.1) is 17.0 Å². The molecule has 4 nitrogen and oxygen atoms in total. The van der Waals surface area contributed by atoms with Crippen LogP contribution in [0.4, 0.5) is 14.5 Å². The molecule has 0 saturated carbocycles. The number of halogens is 2. The Balaban J connectivity index is 1.69. The second-order valence-corrected chi connectivity index (χ2v) is 6.75. The van der Waals surface area contributed by atoms with E-state index in [1.165, 1.54) is 12.1 Å². The Kier molecular flexibility index (Phi) is 5.23. The molecule has 0 aliphatic carbocycles. The van der Waals surface area contributed by atoms with Gasteiger partial charge in [-0.25, -0.2) is 8.78 Å². The van der Waals surface area contributed by atoms with Gasteiger partial charge in [0.1, 0.15) is 17.5 Å². The molecule has 0 bridgehead atoms. The number of hydrogen-bond donors (Lipinski definition) is 2.